The van der Waals surface area contributed by atoms with E-state index in [-0.39, 0.29) is 11.4 Å². The number of rotatable bonds is 3. The third-order valence-electron chi connectivity index (χ3n) is 2.40. The van der Waals surface area contributed by atoms with Crippen LogP contribution in [0.2, 0.25) is 0 Å². The number of aryl methyl sites for hydroxylation is 1. The number of carbonyl (C=O) groups is 1. The lowest BCUT2D eigenvalue weighted by atomic mass is 10.1. The monoisotopic (exact) mass is 233 g/mol. The molecule has 0 unspecified atom stereocenters. The lowest BCUT2D eigenvalue weighted by Gasteiger charge is -2.01. The number of nitrogens with zero attached hydrogens (tertiary/aromatic N) is 1. The summed E-state index contributed by atoms with van der Waals surface area (Å²) in [6.07, 6.45) is 0.765. The number of phenols is 1. The highest BCUT2D eigenvalue weighted by Crippen LogP contribution is 2.26. The first-order valence-electron chi connectivity index (χ1n) is 5.13. The van der Waals surface area contributed by atoms with Crippen LogP contribution in [0.25, 0.3) is 11.3 Å². The summed E-state index contributed by atoms with van der Waals surface area (Å²) >= 11 is 0. The number of hydrogen-bond acceptors (Lipinski definition) is 4. The maximum Gasteiger partial charge on any atom is 0.358 e. The predicted molar refractivity (Wildman–Crippen MR) is 59.9 cm³/mol. The van der Waals surface area contributed by atoms with Crippen molar-refractivity contribution in [3.8, 4) is 17.1 Å². The normalized spacial score (nSPS) is 10.4. The molecule has 17 heavy (non-hydrogen) atoms. The maximum atomic E-state index is 10.7. The number of aromatic hydroxyl groups is 1. The molecule has 0 fully saturated rings. The third-order valence-corrected chi connectivity index (χ3v) is 2.40. The average Bonchev–Trinajstić information content (AvgIpc) is 2.77. The SMILES string of the molecule is CCc1cc(O)cc(-c2cc(C(=O)O)no2)c1. The molecule has 0 bridgehead atoms. The highest BCUT2D eigenvalue weighted by atomic mass is 16.5. The number of carboxylic acids is 1. The Balaban J connectivity index is 2.44. The van der Waals surface area contributed by atoms with Crippen LogP contribution in [-0.4, -0.2) is 21.3 Å². The van der Waals surface area contributed by atoms with Gasteiger partial charge in [0.25, 0.3) is 0 Å². The molecule has 0 radical (unpaired) electrons. The molecule has 1 aromatic carbocycles. The molecule has 1 aromatic heterocycles. The molecule has 0 amide bonds. The molecule has 5 heteroatoms. The van der Waals surface area contributed by atoms with Crippen LogP contribution in [0.5, 0.6) is 5.75 Å². The van der Waals surface area contributed by atoms with Crippen molar-refractivity contribution >= 4 is 5.97 Å². The van der Waals surface area contributed by atoms with E-state index in [1.807, 2.05) is 13.0 Å². The Morgan fingerprint density at radius 1 is 1.35 bits per heavy atom. The van der Waals surface area contributed by atoms with Gasteiger partial charge in [0.1, 0.15) is 5.75 Å². The van der Waals surface area contributed by atoms with E-state index in [1.54, 1.807) is 6.07 Å². The van der Waals surface area contributed by atoms with Gasteiger partial charge in [0, 0.05) is 11.6 Å². The summed E-state index contributed by atoms with van der Waals surface area (Å²) in [6, 6.07) is 6.31. The van der Waals surface area contributed by atoms with Gasteiger partial charge in [-0.15, -0.1) is 0 Å². The molecule has 1 heterocycles. The van der Waals surface area contributed by atoms with Crippen LogP contribution in [0.3, 0.4) is 0 Å². The zero-order valence-electron chi connectivity index (χ0n) is 9.17. The van der Waals surface area contributed by atoms with E-state index in [0.717, 1.165) is 12.0 Å². The second-order valence-corrected chi connectivity index (χ2v) is 3.62. The summed E-state index contributed by atoms with van der Waals surface area (Å²) in [5, 5.41) is 21.7. The van der Waals surface area contributed by atoms with Crippen LogP contribution in [0.15, 0.2) is 28.8 Å². The van der Waals surface area contributed by atoms with Crippen molar-refractivity contribution in [2.75, 3.05) is 0 Å². The average molecular weight is 233 g/mol. The Labute approximate surface area is 97.3 Å². The van der Waals surface area contributed by atoms with Crippen LogP contribution in [0.1, 0.15) is 23.0 Å². The Bertz CT molecular complexity index is 559. The van der Waals surface area contributed by atoms with E-state index >= 15 is 0 Å². The zero-order valence-corrected chi connectivity index (χ0v) is 9.17. The highest BCUT2D eigenvalue weighted by molar-refractivity contribution is 5.86. The molecule has 0 atom stereocenters. The molecule has 2 rings (SSSR count). The Morgan fingerprint density at radius 2 is 2.12 bits per heavy atom. The minimum Gasteiger partial charge on any atom is -0.508 e. The lowest BCUT2D eigenvalue weighted by molar-refractivity contribution is 0.0686. The topological polar surface area (TPSA) is 83.6 Å². The molecule has 5 nitrogen and oxygen atoms in total. The van der Waals surface area contributed by atoms with Crippen LogP contribution >= 0.6 is 0 Å². The number of benzene rings is 1. The fraction of sp³-hybridized carbons (Fsp3) is 0.167. The first-order chi connectivity index (χ1) is 8.10. The molecule has 0 saturated heterocycles. The van der Waals surface area contributed by atoms with Gasteiger partial charge in [0.2, 0.25) is 0 Å². The third kappa shape index (κ3) is 2.28. The zero-order chi connectivity index (χ0) is 12.4. The molecule has 2 N–H and O–H groups in total. The highest BCUT2D eigenvalue weighted by Gasteiger charge is 2.13. The van der Waals surface area contributed by atoms with Crippen LogP contribution < -0.4 is 0 Å². The standard InChI is InChI=1S/C12H11NO4/c1-2-7-3-8(5-9(14)4-7)11-6-10(12(15)16)13-17-11/h3-6,14H,2H2,1H3,(H,15,16). The first-order valence-corrected chi connectivity index (χ1v) is 5.13. The van der Waals surface area contributed by atoms with Crippen molar-refractivity contribution in [3.05, 3.63) is 35.5 Å². The molecular weight excluding hydrogens is 222 g/mol. The second kappa shape index (κ2) is 4.29. The summed E-state index contributed by atoms with van der Waals surface area (Å²) in [7, 11) is 0. The molecule has 0 saturated carbocycles. The molecule has 0 aliphatic heterocycles. The lowest BCUT2D eigenvalue weighted by Crippen LogP contribution is -1.94. The van der Waals surface area contributed by atoms with Gasteiger partial charge in [-0.25, -0.2) is 4.79 Å². The predicted octanol–water partition coefficient (Wildman–Crippen LogP) is 2.31. The number of aromatic nitrogens is 1. The van der Waals surface area contributed by atoms with Gasteiger partial charge in [-0.2, -0.15) is 0 Å². The number of carboxylic acid groups (broad SMARTS) is 1. The minimum atomic E-state index is -1.14. The largest absolute Gasteiger partial charge is 0.508 e. The van der Waals surface area contributed by atoms with E-state index in [4.69, 9.17) is 9.63 Å². The van der Waals surface area contributed by atoms with Crippen molar-refractivity contribution in [3.63, 3.8) is 0 Å². The molecular formula is C12H11NO4. The van der Waals surface area contributed by atoms with Gasteiger partial charge in [0.05, 0.1) is 0 Å². The van der Waals surface area contributed by atoms with E-state index in [0.29, 0.717) is 11.3 Å². The van der Waals surface area contributed by atoms with Crippen molar-refractivity contribution in [1.29, 1.82) is 0 Å². The summed E-state index contributed by atoms with van der Waals surface area (Å²) in [6.45, 7) is 1.96. The summed E-state index contributed by atoms with van der Waals surface area (Å²) < 4.78 is 4.92. The van der Waals surface area contributed by atoms with Crippen molar-refractivity contribution in [2.45, 2.75) is 13.3 Å². The molecule has 2 aromatic rings. The van der Waals surface area contributed by atoms with Crippen LogP contribution in [0.4, 0.5) is 0 Å². The van der Waals surface area contributed by atoms with Crippen molar-refractivity contribution in [1.82, 2.24) is 5.16 Å². The smallest absolute Gasteiger partial charge is 0.358 e. The number of hydrogen-bond donors (Lipinski definition) is 2. The quantitative estimate of drug-likeness (QED) is 0.849. The molecule has 0 aliphatic carbocycles. The molecule has 0 spiro atoms. The Morgan fingerprint density at radius 3 is 2.71 bits per heavy atom. The number of aromatic carboxylic acids is 1. The fourth-order valence-corrected chi connectivity index (χ4v) is 1.53. The second-order valence-electron chi connectivity index (χ2n) is 3.62. The Hall–Kier alpha value is -2.30. The van der Waals surface area contributed by atoms with E-state index in [1.165, 1.54) is 12.1 Å². The molecule has 88 valence electrons. The van der Waals surface area contributed by atoms with Gasteiger partial charge >= 0.3 is 5.97 Å². The van der Waals surface area contributed by atoms with Gasteiger partial charge in [-0.05, 0) is 30.2 Å². The maximum absolute atomic E-state index is 10.7. The van der Waals surface area contributed by atoms with Crippen molar-refractivity contribution < 1.29 is 19.5 Å². The Kier molecular flexibility index (Phi) is 2.82. The minimum absolute atomic E-state index is 0.118. The van der Waals surface area contributed by atoms with Gasteiger partial charge in [-0.1, -0.05) is 12.1 Å². The van der Waals surface area contributed by atoms with E-state index in [2.05, 4.69) is 5.16 Å². The first kappa shape index (κ1) is 11.2. The number of phenolic OH excluding ortho intramolecular Hbond substituents is 1. The van der Waals surface area contributed by atoms with Crippen molar-refractivity contribution in [2.24, 2.45) is 0 Å². The van der Waals surface area contributed by atoms with Gasteiger partial charge in [-0.3, -0.25) is 0 Å². The fourth-order valence-electron chi connectivity index (χ4n) is 1.53. The summed E-state index contributed by atoms with van der Waals surface area (Å²) in [4.78, 5) is 10.7. The van der Waals surface area contributed by atoms with E-state index in [9.17, 15) is 9.90 Å². The van der Waals surface area contributed by atoms with Crippen LogP contribution in [0, 0.1) is 0 Å². The molecule has 0 aliphatic rings. The van der Waals surface area contributed by atoms with Crippen LogP contribution in [-0.2, 0) is 6.42 Å². The van der Waals surface area contributed by atoms with E-state index < -0.39 is 5.97 Å². The van der Waals surface area contributed by atoms with Gasteiger partial charge in [0.15, 0.2) is 11.5 Å². The summed E-state index contributed by atoms with van der Waals surface area (Å²) in [5.41, 5.74) is 1.40. The van der Waals surface area contributed by atoms with Gasteiger partial charge < -0.3 is 14.7 Å². The summed E-state index contributed by atoms with van der Waals surface area (Å²) in [5.74, 6) is -0.698.